The summed E-state index contributed by atoms with van der Waals surface area (Å²) in [5.74, 6) is 0.0364. The van der Waals surface area contributed by atoms with Crippen LogP contribution in [0, 0.1) is 0 Å². The van der Waals surface area contributed by atoms with E-state index in [0.717, 1.165) is 49.4 Å². The van der Waals surface area contributed by atoms with Gasteiger partial charge in [0.15, 0.2) is 5.78 Å². The lowest BCUT2D eigenvalue weighted by Gasteiger charge is -2.32. The number of sulfonamides is 1. The van der Waals surface area contributed by atoms with E-state index in [1.54, 1.807) is 48.8 Å². The molecular weight excluding hydrogens is 572 g/mol. The number of carbonyl (C=O) groups is 2. The van der Waals surface area contributed by atoms with E-state index in [1.165, 1.54) is 17.7 Å². The van der Waals surface area contributed by atoms with Gasteiger partial charge in [0.2, 0.25) is 0 Å². The fourth-order valence-electron chi connectivity index (χ4n) is 5.18. The Labute approximate surface area is 259 Å². The van der Waals surface area contributed by atoms with Gasteiger partial charge in [0.1, 0.15) is 5.78 Å². The van der Waals surface area contributed by atoms with Gasteiger partial charge in [0.05, 0.1) is 4.90 Å². The first-order valence-electron chi connectivity index (χ1n) is 14.9. The summed E-state index contributed by atoms with van der Waals surface area (Å²) < 4.78 is 28.5. The molecule has 5 rings (SSSR count). The van der Waals surface area contributed by atoms with Crippen molar-refractivity contribution in [2.45, 2.75) is 37.1 Å². The van der Waals surface area contributed by atoms with Crippen LogP contribution in [0.5, 0.6) is 0 Å². The van der Waals surface area contributed by atoms with Gasteiger partial charge in [0, 0.05) is 75.6 Å². The number of aryl methyl sites for hydroxylation is 1. The molecule has 1 aliphatic heterocycles. The van der Waals surface area contributed by atoms with Crippen LogP contribution in [0.2, 0.25) is 0 Å². The van der Waals surface area contributed by atoms with Crippen LogP contribution in [0.1, 0.15) is 39.0 Å². The van der Waals surface area contributed by atoms with Crippen LogP contribution in [0.4, 0.5) is 5.69 Å². The molecule has 2 heterocycles. The molecule has 4 aromatic rings. The molecule has 8 nitrogen and oxygen atoms in total. The van der Waals surface area contributed by atoms with E-state index in [9.17, 15) is 18.0 Å². The Morgan fingerprint density at radius 1 is 0.773 bits per heavy atom. The third kappa shape index (κ3) is 8.92. The molecule has 1 saturated heterocycles. The number of nitrogens with zero attached hydrogens (tertiary/aromatic N) is 3. The Morgan fingerprint density at radius 3 is 2.07 bits per heavy atom. The monoisotopic (exact) mass is 610 g/mol. The second-order valence-corrected chi connectivity index (χ2v) is 13.1. The van der Waals surface area contributed by atoms with Crippen molar-refractivity contribution >= 4 is 27.3 Å². The summed E-state index contributed by atoms with van der Waals surface area (Å²) in [5, 5.41) is 0. The molecule has 0 spiro atoms. The Bertz CT molecular complexity index is 1650. The van der Waals surface area contributed by atoms with Crippen molar-refractivity contribution in [2.24, 2.45) is 0 Å². The molecule has 9 heteroatoms. The molecule has 1 aliphatic rings. The smallest absolute Gasteiger partial charge is 0.261 e. The van der Waals surface area contributed by atoms with E-state index in [2.05, 4.69) is 38.7 Å². The molecule has 0 atom stereocenters. The highest BCUT2D eigenvalue weighted by Gasteiger charge is 2.17. The third-order valence-corrected chi connectivity index (χ3v) is 9.30. The van der Waals surface area contributed by atoms with Crippen molar-refractivity contribution in [3.63, 3.8) is 0 Å². The van der Waals surface area contributed by atoms with Crippen LogP contribution in [0.25, 0.3) is 0 Å². The van der Waals surface area contributed by atoms with E-state index in [0.29, 0.717) is 24.1 Å². The van der Waals surface area contributed by atoms with Gasteiger partial charge in [-0.05, 0) is 66.1 Å². The van der Waals surface area contributed by atoms with Gasteiger partial charge in [-0.2, -0.15) is 0 Å². The first-order valence-corrected chi connectivity index (χ1v) is 16.4. The fraction of sp³-hybridized carbons (Fsp3) is 0.286. The number of Topliss-reactive ketones (excluding diaryl/α,β-unsaturated/α-hetero) is 2. The van der Waals surface area contributed by atoms with Gasteiger partial charge in [0.25, 0.3) is 10.0 Å². The van der Waals surface area contributed by atoms with Crippen LogP contribution >= 0.6 is 0 Å². The Kier molecular flexibility index (Phi) is 10.3. The third-order valence-electron chi connectivity index (χ3n) is 7.90. The van der Waals surface area contributed by atoms with Crippen LogP contribution < -0.4 is 4.72 Å². The zero-order valence-corrected chi connectivity index (χ0v) is 25.8. The molecule has 3 aromatic carbocycles. The summed E-state index contributed by atoms with van der Waals surface area (Å²) in [4.78, 5) is 34.2. The molecule has 1 N–H and O–H groups in total. The Morgan fingerprint density at radius 2 is 1.41 bits per heavy atom. The highest BCUT2D eigenvalue weighted by molar-refractivity contribution is 7.92. The summed E-state index contributed by atoms with van der Waals surface area (Å²) in [6.07, 6.45) is 5.05. The fourth-order valence-corrected chi connectivity index (χ4v) is 6.24. The summed E-state index contributed by atoms with van der Waals surface area (Å²) in [6.45, 7) is 5.17. The second-order valence-electron chi connectivity index (χ2n) is 11.4. The minimum Gasteiger partial charge on any atom is -0.304 e. The first kappa shape index (κ1) is 31.3. The molecule has 1 fully saturated rings. The van der Waals surface area contributed by atoms with Gasteiger partial charge < -0.3 is 4.90 Å². The Hall–Kier alpha value is -4.18. The predicted octanol–water partition coefficient (Wildman–Crippen LogP) is 4.80. The largest absolute Gasteiger partial charge is 0.304 e. The van der Waals surface area contributed by atoms with E-state index < -0.39 is 10.0 Å². The molecule has 0 radical (unpaired) electrons. The summed E-state index contributed by atoms with van der Waals surface area (Å²) in [7, 11) is -1.71. The molecule has 0 saturated carbocycles. The van der Waals surface area contributed by atoms with Crippen LogP contribution in [-0.2, 0) is 40.6 Å². The standard InChI is InChI=1S/C35H38N4O4S/c1-38-19-21-39(22-20-38)26-30-6-4-28(5-7-30)24-35(41)31-11-16-34(17-12-31)44(42,43)37-32-13-8-27(9-14-32)23-33(40)15-10-29-3-2-18-36-25-29/h2-9,11-14,16-18,25,37H,10,15,19-24,26H2,1H3. The number of anilines is 1. The maximum Gasteiger partial charge on any atom is 0.261 e. The highest BCUT2D eigenvalue weighted by Crippen LogP contribution is 2.19. The number of pyridine rings is 1. The normalized spacial score (nSPS) is 14.3. The van der Waals surface area contributed by atoms with E-state index in [4.69, 9.17) is 0 Å². The minimum absolute atomic E-state index is 0.0666. The lowest BCUT2D eigenvalue weighted by Crippen LogP contribution is -2.43. The SMILES string of the molecule is CN1CCN(Cc2ccc(CC(=O)c3ccc(S(=O)(=O)Nc4ccc(CC(=O)CCc5cccnc5)cc4)cc3)cc2)CC1. The van der Waals surface area contributed by atoms with Crippen molar-refractivity contribution in [2.75, 3.05) is 37.9 Å². The molecule has 228 valence electrons. The predicted molar refractivity (Wildman–Crippen MR) is 172 cm³/mol. The van der Waals surface area contributed by atoms with Gasteiger partial charge in [-0.3, -0.25) is 24.2 Å². The van der Waals surface area contributed by atoms with E-state index >= 15 is 0 Å². The summed E-state index contributed by atoms with van der Waals surface area (Å²) >= 11 is 0. The maximum absolute atomic E-state index is 13.0. The number of nitrogens with one attached hydrogen (secondary N) is 1. The maximum atomic E-state index is 13.0. The summed E-state index contributed by atoms with van der Waals surface area (Å²) in [6, 6.07) is 24.8. The van der Waals surface area contributed by atoms with Gasteiger partial charge in [-0.25, -0.2) is 8.42 Å². The number of piperazine rings is 1. The van der Waals surface area contributed by atoms with Crippen molar-refractivity contribution in [1.82, 2.24) is 14.8 Å². The number of ketones is 2. The van der Waals surface area contributed by atoms with Crippen LogP contribution in [-0.4, -0.2) is 68.0 Å². The zero-order chi connectivity index (χ0) is 30.9. The average Bonchev–Trinajstić information content (AvgIpc) is 3.03. The van der Waals surface area contributed by atoms with Gasteiger partial charge in [-0.1, -0.05) is 54.6 Å². The summed E-state index contributed by atoms with van der Waals surface area (Å²) in [5.41, 5.74) is 4.85. The number of likely N-dealkylation sites (N-methyl/N-ethyl adjacent to an activating group) is 1. The van der Waals surface area contributed by atoms with Crippen molar-refractivity contribution in [3.05, 3.63) is 125 Å². The van der Waals surface area contributed by atoms with Crippen molar-refractivity contribution < 1.29 is 18.0 Å². The Balaban J connectivity index is 1.11. The quantitative estimate of drug-likeness (QED) is 0.217. The number of hydrogen-bond acceptors (Lipinski definition) is 7. The molecule has 44 heavy (non-hydrogen) atoms. The zero-order valence-electron chi connectivity index (χ0n) is 25.0. The van der Waals surface area contributed by atoms with Crippen LogP contribution in [0.15, 0.2) is 102 Å². The van der Waals surface area contributed by atoms with Crippen molar-refractivity contribution in [3.8, 4) is 0 Å². The lowest BCUT2D eigenvalue weighted by molar-refractivity contribution is -0.118. The second kappa shape index (κ2) is 14.5. The molecule has 0 amide bonds. The number of hydrogen-bond donors (Lipinski definition) is 1. The highest BCUT2D eigenvalue weighted by atomic mass is 32.2. The molecule has 0 aliphatic carbocycles. The molecule has 0 bridgehead atoms. The lowest BCUT2D eigenvalue weighted by atomic mass is 10.0. The van der Waals surface area contributed by atoms with Crippen molar-refractivity contribution in [1.29, 1.82) is 0 Å². The minimum atomic E-state index is -3.85. The number of aromatic nitrogens is 1. The number of rotatable bonds is 13. The van der Waals surface area contributed by atoms with E-state index in [1.807, 2.05) is 24.3 Å². The van der Waals surface area contributed by atoms with Crippen LogP contribution in [0.3, 0.4) is 0 Å². The molecule has 0 unspecified atom stereocenters. The molecular formula is C35H38N4O4S. The molecule has 1 aromatic heterocycles. The average molecular weight is 611 g/mol. The van der Waals surface area contributed by atoms with E-state index in [-0.39, 0.29) is 29.3 Å². The first-order chi connectivity index (χ1) is 21.2. The topological polar surface area (TPSA) is 99.7 Å². The number of benzene rings is 3. The number of carbonyl (C=O) groups excluding carboxylic acids is 2. The van der Waals surface area contributed by atoms with Gasteiger partial charge >= 0.3 is 0 Å². The van der Waals surface area contributed by atoms with Gasteiger partial charge in [-0.15, -0.1) is 0 Å².